The van der Waals surface area contributed by atoms with Gasteiger partial charge in [0, 0.05) is 25.0 Å². The molecule has 130 valence electrons. The molecule has 2 aromatic rings. The van der Waals surface area contributed by atoms with E-state index in [4.69, 9.17) is 4.74 Å². The molecule has 2 unspecified atom stereocenters. The second kappa shape index (κ2) is 8.38. The van der Waals surface area contributed by atoms with Crippen molar-refractivity contribution in [1.82, 2.24) is 10.3 Å². The molecule has 4 nitrogen and oxygen atoms in total. The number of pyridine rings is 1. The third kappa shape index (κ3) is 6.04. The number of aromatic nitrogens is 1. The maximum absolute atomic E-state index is 10.0. The van der Waals surface area contributed by atoms with Crippen LogP contribution in [-0.4, -0.2) is 34.9 Å². The van der Waals surface area contributed by atoms with Gasteiger partial charge in [0.25, 0.3) is 0 Å². The maximum atomic E-state index is 10.0. The van der Waals surface area contributed by atoms with Crippen molar-refractivity contribution < 1.29 is 9.84 Å². The molecule has 0 radical (unpaired) electrons. The van der Waals surface area contributed by atoms with Gasteiger partial charge >= 0.3 is 0 Å². The number of rotatable bonds is 7. The van der Waals surface area contributed by atoms with E-state index >= 15 is 0 Å². The van der Waals surface area contributed by atoms with Gasteiger partial charge in [-0.05, 0) is 56.5 Å². The summed E-state index contributed by atoms with van der Waals surface area (Å²) in [6, 6.07) is 12.6. The maximum Gasteiger partial charge on any atom is 0.0898 e. The number of nitrogens with one attached hydrogen (secondary N) is 1. The van der Waals surface area contributed by atoms with Gasteiger partial charge in [-0.2, -0.15) is 0 Å². The summed E-state index contributed by atoms with van der Waals surface area (Å²) >= 11 is 0. The van der Waals surface area contributed by atoms with Crippen LogP contribution in [0, 0.1) is 0 Å². The fourth-order valence-electron chi connectivity index (χ4n) is 2.34. The van der Waals surface area contributed by atoms with Crippen LogP contribution in [0.3, 0.4) is 0 Å². The van der Waals surface area contributed by atoms with Crippen LogP contribution >= 0.6 is 0 Å². The van der Waals surface area contributed by atoms with Crippen molar-refractivity contribution in [3.05, 3.63) is 54.4 Å². The molecule has 1 heterocycles. The Labute approximate surface area is 144 Å². The Hall–Kier alpha value is -1.75. The van der Waals surface area contributed by atoms with Gasteiger partial charge in [0.05, 0.1) is 18.3 Å². The summed E-state index contributed by atoms with van der Waals surface area (Å²) in [5, 5.41) is 13.4. The summed E-state index contributed by atoms with van der Waals surface area (Å²) in [4.78, 5) is 4.04. The largest absolute Gasteiger partial charge is 0.389 e. The van der Waals surface area contributed by atoms with Crippen molar-refractivity contribution >= 4 is 0 Å². The zero-order chi connectivity index (χ0) is 17.6. The van der Waals surface area contributed by atoms with Crippen molar-refractivity contribution in [2.45, 2.75) is 45.4 Å². The van der Waals surface area contributed by atoms with Crippen LogP contribution in [0.2, 0.25) is 0 Å². The van der Waals surface area contributed by atoms with Crippen LogP contribution in [0.1, 0.15) is 39.3 Å². The lowest BCUT2D eigenvalue weighted by atomic mass is 10.0. The summed E-state index contributed by atoms with van der Waals surface area (Å²) in [5.41, 5.74) is 3.30. The van der Waals surface area contributed by atoms with E-state index in [1.807, 2.05) is 32.9 Å². The standard InChI is InChI=1S/C20H28N2O2/c1-15(22-13-19(23)14-24-20(2,3)4)16-5-7-17(8-6-16)18-9-11-21-12-10-18/h5-12,15,19,22-23H,13-14H2,1-4H3. The van der Waals surface area contributed by atoms with Gasteiger partial charge in [0.15, 0.2) is 0 Å². The lowest BCUT2D eigenvalue weighted by molar-refractivity contribution is -0.0482. The fourth-order valence-corrected chi connectivity index (χ4v) is 2.34. The van der Waals surface area contributed by atoms with Crippen LogP contribution in [0.25, 0.3) is 11.1 Å². The highest BCUT2D eigenvalue weighted by Crippen LogP contribution is 2.21. The Kier molecular flexibility index (Phi) is 6.49. The van der Waals surface area contributed by atoms with Crippen molar-refractivity contribution in [3.63, 3.8) is 0 Å². The van der Waals surface area contributed by atoms with E-state index in [1.165, 1.54) is 11.1 Å². The Bertz CT molecular complexity index is 606. The molecule has 0 saturated heterocycles. The summed E-state index contributed by atoms with van der Waals surface area (Å²) < 4.78 is 5.60. The Morgan fingerprint density at radius 1 is 1.04 bits per heavy atom. The summed E-state index contributed by atoms with van der Waals surface area (Å²) in [5.74, 6) is 0. The van der Waals surface area contributed by atoms with Gasteiger partial charge in [0.1, 0.15) is 0 Å². The molecule has 2 N–H and O–H groups in total. The first-order chi connectivity index (χ1) is 11.3. The van der Waals surface area contributed by atoms with Gasteiger partial charge < -0.3 is 15.2 Å². The third-order valence-electron chi connectivity index (χ3n) is 3.79. The Balaban J connectivity index is 1.85. The lowest BCUT2D eigenvalue weighted by Crippen LogP contribution is -2.34. The van der Waals surface area contributed by atoms with Crippen molar-refractivity contribution in [3.8, 4) is 11.1 Å². The monoisotopic (exact) mass is 328 g/mol. The summed E-state index contributed by atoms with van der Waals surface area (Å²) in [6.07, 6.45) is 3.09. The average Bonchev–Trinajstić information content (AvgIpc) is 2.58. The molecule has 1 aromatic carbocycles. The molecule has 0 spiro atoms. The molecule has 0 aliphatic rings. The van der Waals surface area contributed by atoms with Gasteiger partial charge in [-0.15, -0.1) is 0 Å². The van der Waals surface area contributed by atoms with E-state index in [0.717, 1.165) is 5.56 Å². The highest BCUT2D eigenvalue weighted by Gasteiger charge is 2.14. The molecule has 0 saturated carbocycles. The number of ether oxygens (including phenoxy) is 1. The minimum absolute atomic E-state index is 0.167. The number of aliphatic hydroxyl groups is 1. The van der Waals surface area contributed by atoms with Crippen molar-refractivity contribution in [1.29, 1.82) is 0 Å². The van der Waals surface area contributed by atoms with E-state index in [9.17, 15) is 5.11 Å². The molecular weight excluding hydrogens is 300 g/mol. The van der Waals surface area contributed by atoms with Crippen molar-refractivity contribution in [2.75, 3.05) is 13.2 Å². The number of benzene rings is 1. The summed E-state index contributed by atoms with van der Waals surface area (Å²) in [6.45, 7) is 8.90. The first-order valence-corrected chi connectivity index (χ1v) is 8.41. The highest BCUT2D eigenvalue weighted by atomic mass is 16.5. The van der Waals surface area contributed by atoms with Gasteiger partial charge in [-0.1, -0.05) is 24.3 Å². The predicted molar refractivity (Wildman–Crippen MR) is 97.8 cm³/mol. The molecule has 0 aliphatic heterocycles. The number of nitrogens with zero attached hydrogens (tertiary/aromatic N) is 1. The second-order valence-corrected chi connectivity index (χ2v) is 7.07. The first-order valence-electron chi connectivity index (χ1n) is 8.41. The van der Waals surface area contributed by atoms with Gasteiger partial charge in [-0.25, -0.2) is 0 Å². The van der Waals surface area contributed by atoms with Gasteiger partial charge in [-0.3, -0.25) is 4.98 Å². The molecule has 4 heteroatoms. The summed E-state index contributed by atoms with van der Waals surface area (Å²) in [7, 11) is 0. The minimum atomic E-state index is -0.511. The molecule has 0 amide bonds. The highest BCUT2D eigenvalue weighted by molar-refractivity contribution is 5.62. The average molecular weight is 328 g/mol. The van der Waals surface area contributed by atoms with Crippen LogP contribution < -0.4 is 5.32 Å². The number of hydrogen-bond donors (Lipinski definition) is 2. The van der Waals surface area contributed by atoms with E-state index in [1.54, 1.807) is 12.4 Å². The molecule has 0 bridgehead atoms. The van der Waals surface area contributed by atoms with E-state index in [2.05, 4.69) is 41.5 Å². The first kappa shape index (κ1) is 18.6. The minimum Gasteiger partial charge on any atom is -0.389 e. The van der Waals surface area contributed by atoms with E-state index in [0.29, 0.717) is 13.2 Å². The predicted octanol–water partition coefficient (Wildman–Crippen LogP) is 3.58. The van der Waals surface area contributed by atoms with E-state index in [-0.39, 0.29) is 11.6 Å². The SMILES string of the molecule is CC(NCC(O)COC(C)(C)C)c1ccc(-c2ccncc2)cc1. The quantitative estimate of drug-likeness (QED) is 0.816. The molecule has 0 aliphatic carbocycles. The zero-order valence-electron chi connectivity index (χ0n) is 15.0. The van der Waals surface area contributed by atoms with Crippen LogP contribution in [0.4, 0.5) is 0 Å². The molecule has 24 heavy (non-hydrogen) atoms. The number of hydrogen-bond acceptors (Lipinski definition) is 4. The Morgan fingerprint density at radius 2 is 1.62 bits per heavy atom. The Morgan fingerprint density at radius 3 is 2.21 bits per heavy atom. The normalized spacial score (nSPS) is 14.4. The molecule has 2 rings (SSSR count). The smallest absolute Gasteiger partial charge is 0.0898 e. The van der Waals surface area contributed by atoms with E-state index < -0.39 is 6.10 Å². The molecule has 0 fully saturated rings. The third-order valence-corrected chi connectivity index (χ3v) is 3.79. The van der Waals surface area contributed by atoms with Crippen molar-refractivity contribution in [2.24, 2.45) is 0 Å². The van der Waals surface area contributed by atoms with Gasteiger partial charge in [0.2, 0.25) is 0 Å². The lowest BCUT2D eigenvalue weighted by Gasteiger charge is -2.23. The second-order valence-electron chi connectivity index (χ2n) is 7.07. The van der Waals surface area contributed by atoms with Crippen LogP contribution in [0.5, 0.6) is 0 Å². The fraction of sp³-hybridized carbons (Fsp3) is 0.450. The molecule has 2 atom stereocenters. The van der Waals surface area contributed by atoms with Crippen LogP contribution in [-0.2, 0) is 4.74 Å². The number of aliphatic hydroxyl groups excluding tert-OH is 1. The zero-order valence-corrected chi connectivity index (χ0v) is 15.0. The molecule has 1 aromatic heterocycles. The molecular formula is C20H28N2O2. The van der Waals surface area contributed by atoms with Crippen LogP contribution in [0.15, 0.2) is 48.8 Å². The topological polar surface area (TPSA) is 54.4 Å².